The minimum atomic E-state index is -5.03. The van der Waals surface area contributed by atoms with Crippen molar-refractivity contribution >= 4 is 23.1 Å². The number of aromatic hydroxyl groups is 1. The Balaban J connectivity index is 1.71. The number of ether oxygens (including phenoxy) is 2. The minimum Gasteiger partial charge on any atom is -0.502 e. The number of amides is 1. The summed E-state index contributed by atoms with van der Waals surface area (Å²) in [6.07, 6.45) is -0.848. The number of nitrogens with one attached hydrogen (secondary N) is 1. The molecule has 0 saturated carbocycles. The number of phenolic OH excluding ortho intramolecular Hbond substituents is 1. The number of halogens is 4. The van der Waals surface area contributed by atoms with E-state index in [1.807, 2.05) is 0 Å². The fourth-order valence-corrected chi connectivity index (χ4v) is 3.93. The maximum Gasteiger partial charge on any atom is 0.573 e. The Morgan fingerprint density at radius 3 is 2.61 bits per heavy atom. The van der Waals surface area contributed by atoms with Crippen molar-refractivity contribution in [1.29, 1.82) is 0 Å². The van der Waals surface area contributed by atoms with Crippen LogP contribution in [0.3, 0.4) is 0 Å². The monoisotopic (exact) mass is 504 g/mol. The van der Waals surface area contributed by atoms with E-state index in [1.165, 1.54) is 44.0 Å². The van der Waals surface area contributed by atoms with Crippen molar-refractivity contribution in [2.45, 2.75) is 26.3 Å². The number of hydrogen-bond donors (Lipinski definition) is 2. The largest absolute Gasteiger partial charge is 0.573 e. The van der Waals surface area contributed by atoms with E-state index in [-0.39, 0.29) is 30.2 Å². The summed E-state index contributed by atoms with van der Waals surface area (Å²) in [4.78, 5) is 16.4. The first-order chi connectivity index (χ1) is 17.1. The molecule has 1 aromatic heterocycles. The molecule has 0 bridgehead atoms. The van der Waals surface area contributed by atoms with Crippen LogP contribution in [-0.2, 0) is 11.3 Å². The molecule has 0 saturated heterocycles. The van der Waals surface area contributed by atoms with Crippen LogP contribution < -0.4 is 14.8 Å². The van der Waals surface area contributed by atoms with Crippen LogP contribution in [0.4, 0.5) is 17.6 Å². The molecule has 0 fully saturated rings. The Bertz CT molecular complexity index is 1360. The van der Waals surface area contributed by atoms with Crippen LogP contribution >= 0.6 is 0 Å². The Hall–Kier alpha value is -4.28. The number of fused-ring (bicyclic) bond motifs is 1. The molecule has 0 unspecified atom stereocenters. The van der Waals surface area contributed by atoms with Gasteiger partial charge in [0.1, 0.15) is 11.6 Å². The van der Waals surface area contributed by atoms with Crippen molar-refractivity contribution in [2.75, 3.05) is 7.11 Å². The molecule has 2 N–H and O–H groups in total. The van der Waals surface area contributed by atoms with Crippen LogP contribution in [0.1, 0.15) is 35.8 Å². The number of rotatable bonds is 7. The van der Waals surface area contributed by atoms with Crippen LogP contribution in [0.25, 0.3) is 17.2 Å². The van der Waals surface area contributed by atoms with Gasteiger partial charge in [0.05, 0.1) is 26.3 Å². The lowest BCUT2D eigenvalue weighted by Gasteiger charge is -2.14. The summed E-state index contributed by atoms with van der Waals surface area (Å²) >= 11 is 0. The van der Waals surface area contributed by atoms with Gasteiger partial charge in [-0.1, -0.05) is 6.07 Å². The number of oxazole rings is 1. The number of hydrogen-bond acceptors (Lipinski definition) is 6. The molecule has 1 heterocycles. The normalized spacial score (nSPS) is 14.2. The zero-order valence-electron chi connectivity index (χ0n) is 19.1. The van der Waals surface area contributed by atoms with Gasteiger partial charge in [-0.3, -0.25) is 4.79 Å². The lowest BCUT2D eigenvalue weighted by Crippen LogP contribution is -2.22. The minimum absolute atomic E-state index is 0.0743. The van der Waals surface area contributed by atoms with Crippen LogP contribution in [0.2, 0.25) is 0 Å². The third kappa shape index (κ3) is 5.35. The van der Waals surface area contributed by atoms with Gasteiger partial charge in [-0.2, -0.15) is 0 Å². The Labute approximate surface area is 202 Å². The van der Waals surface area contributed by atoms with E-state index < -0.39 is 23.7 Å². The quantitative estimate of drug-likeness (QED) is 0.415. The molecule has 0 radical (unpaired) electrons. The molecule has 36 heavy (non-hydrogen) atoms. The third-order valence-corrected chi connectivity index (χ3v) is 5.55. The van der Waals surface area contributed by atoms with Crippen molar-refractivity contribution in [3.8, 4) is 17.2 Å². The van der Waals surface area contributed by atoms with Crippen LogP contribution in [-0.4, -0.2) is 29.5 Å². The molecule has 4 rings (SSSR count). The maximum atomic E-state index is 14.1. The van der Waals surface area contributed by atoms with Crippen LogP contribution in [0.5, 0.6) is 17.2 Å². The van der Waals surface area contributed by atoms with E-state index in [4.69, 9.17) is 9.15 Å². The number of alkyl halides is 3. The molecule has 0 aliphatic heterocycles. The summed E-state index contributed by atoms with van der Waals surface area (Å²) in [6.45, 7) is 1.85. The van der Waals surface area contributed by atoms with Gasteiger partial charge in [-0.05, 0) is 70.7 Å². The molecular formula is C25H20F4N2O5. The number of carbonyl (C=O) groups is 1. The molecular weight excluding hydrogens is 484 g/mol. The fourth-order valence-electron chi connectivity index (χ4n) is 3.93. The Morgan fingerprint density at radius 1 is 1.19 bits per heavy atom. The standard InChI is InChI=1S/C25H20F4N2O5/c1-13-18(5-14-6-21(34-2)24(33)22(7-14)36-25(27,28)29)17-4-3-15(26)8-20(17)19(13)9-23(32)31-11-16-10-30-12-35-16/h3-8,10,12,33H,9,11H2,1-2H3,(H,31,32)/b18-5-. The molecule has 1 aliphatic rings. The number of aromatic nitrogens is 1. The predicted molar refractivity (Wildman–Crippen MR) is 121 cm³/mol. The van der Waals surface area contributed by atoms with E-state index in [0.717, 1.165) is 6.07 Å². The molecule has 188 valence electrons. The highest BCUT2D eigenvalue weighted by molar-refractivity contribution is 6.08. The van der Waals surface area contributed by atoms with Gasteiger partial charge < -0.3 is 24.3 Å². The van der Waals surface area contributed by atoms with Gasteiger partial charge in [0.25, 0.3) is 0 Å². The second-order valence-electron chi connectivity index (χ2n) is 7.89. The van der Waals surface area contributed by atoms with Gasteiger partial charge in [0, 0.05) is 0 Å². The second kappa shape index (κ2) is 9.76. The van der Waals surface area contributed by atoms with E-state index in [9.17, 15) is 27.5 Å². The number of carbonyl (C=O) groups excluding carboxylic acids is 1. The van der Waals surface area contributed by atoms with Crippen molar-refractivity contribution < 1.29 is 41.4 Å². The summed E-state index contributed by atoms with van der Waals surface area (Å²) in [6, 6.07) is 6.43. The van der Waals surface area contributed by atoms with Gasteiger partial charge in [0.2, 0.25) is 11.7 Å². The Kier molecular flexibility index (Phi) is 6.73. The molecule has 1 amide bonds. The summed E-state index contributed by atoms with van der Waals surface area (Å²) in [5.41, 5.74) is 3.07. The molecule has 3 aromatic rings. The SMILES string of the molecule is COc1cc(/C=C2/C(C)=C(CC(=O)NCc3cnco3)c3cc(F)ccc32)cc(OC(F)(F)F)c1O. The maximum absolute atomic E-state index is 14.1. The van der Waals surface area contributed by atoms with Gasteiger partial charge in [-0.25, -0.2) is 9.37 Å². The first-order valence-electron chi connectivity index (χ1n) is 10.6. The average Bonchev–Trinajstić information content (AvgIpc) is 3.41. The summed E-state index contributed by atoms with van der Waals surface area (Å²) in [5, 5.41) is 12.8. The van der Waals surface area contributed by atoms with Crippen molar-refractivity contribution in [3.63, 3.8) is 0 Å². The van der Waals surface area contributed by atoms with Crippen molar-refractivity contribution in [1.82, 2.24) is 10.3 Å². The number of methoxy groups -OCH3 is 1. The third-order valence-electron chi connectivity index (χ3n) is 5.55. The Morgan fingerprint density at radius 2 is 1.94 bits per heavy atom. The highest BCUT2D eigenvalue weighted by Gasteiger charge is 2.33. The molecule has 11 heteroatoms. The van der Waals surface area contributed by atoms with Crippen molar-refractivity contribution in [2.24, 2.45) is 0 Å². The molecule has 0 atom stereocenters. The zero-order valence-corrected chi connectivity index (χ0v) is 19.1. The molecule has 7 nitrogen and oxygen atoms in total. The topological polar surface area (TPSA) is 93.8 Å². The van der Waals surface area contributed by atoms with E-state index in [1.54, 1.807) is 13.0 Å². The number of nitrogens with zero attached hydrogens (tertiary/aromatic N) is 1. The molecule has 2 aromatic carbocycles. The van der Waals surface area contributed by atoms with Gasteiger partial charge >= 0.3 is 6.36 Å². The lowest BCUT2D eigenvalue weighted by molar-refractivity contribution is -0.275. The number of allylic oxidation sites excluding steroid dienone is 2. The summed E-state index contributed by atoms with van der Waals surface area (Å²) < 4.78 is 66.6. The van der Waals surface area contributed by atoms with Crippen LogP contribution in [0.15, 0.2) is 52.9 Å². The van der Waals surface area contributed by atoms with E-state index >= 15 is 0 Å². The van der Waals surface area contributed by atoms with Crippen LogP contribution in [0, 0.1) is 5.82 Å². The average molecular weight is 504 g/mol. The summed E-state index contributed by atoms with van der Waals surface area (Å²) in [5.74, 6) is -2.25. The number of benzene rings is 2. The first kappa shape index (κ1) is 24.8. The predicted octanol–water partition coefficient (Wildman–Crippen LogP) is 5.46. The first-order valence-corrected chi connectivity index (χ1v) is 10.6. The van der Waals surface area contributed by atoms with Gasteiger partial charge in [-0.15, -0.1) is 13.2 Å². The second-order valence-corrected chi connectivity index (χ2v) is 7.89. The van der Waals surface area contributed by atoms with Gasteiger partial charge in [0.15, 0.2) is 17.9 Å². The highest BCUT2D eigenvalue weighted by atomic mass is 19.4. The molecule has 0 spiro atoms. The van der Waals surface area contributed by atoms with E-state index in [0.29, 0.717) is 33.6 Å². The lowest BCUT2D eigenvalue weighted by atomic mass is 10.00. The zero-order chi connectivity index (χ0) is 26.0. The van der Waals surface area contributed by atoms with Crippen molar-refractivity contribution in [3.05, 3.63) is 76.8 Å². The van der Waals surface area contributed by atoms with E-state index in [2.05, 4.69) is 15.0 Å². The fraction of sp³-hybridized carbons (Fsp3) is 0.200. The number of phenols is 1. The smallest absolute Gasteiger partial charge is 0.502 e. The molecule has 1 aliphatic carbocycles. The highest BCUT2D eigenvalue weighted by Crippen LogP contribution is 2.45. The summed E-state index contributed by atoms with van der Waals surface area (Å²) in [7, 11) is 1.19.